The van der Waals surface area contributed by atoms with Gasteiger partial charge in [-0.1, -0.05) is 44.5 Å². The minimum absolute atomic E-state index is 0.334. The molecule has 0 radical (unpaired) electrons. The van der Waals surface area contributed by atoms with E-state index in [4.69, 9.17) is 14.6 Å². The van der Waals surface area contributed by atoms with E-state index in [0.717, 1.165) is 48.5 Å². The summed E-state index contributed by atoms with van der Waals surface area (Å²) in [4.78, 5) is 2.29. The van der Waals surface area contributed by atoms with Crippen molar-refractivity contribution in [3.63, 3.8) is 0 Å². The zero-order valence-electron chi connectivity index (χ0n) is 19.6. The molecule has 0 aliphatic carbocycles. The van der Waals surface area contributed by atoms with Gasteiger partial charge in [-0.2, -0.15) is 5.10 Å². The topological polar surface area (TPSA) is 59.8 Å². The van der Waals surface area contributed by atoms with E-state index in [-0.39, 0.29) is 6.10 Å². The molecular formula is C26H35N3O3. The van der Waals surface area contributed by atoms with Crippen LogP contribution in [0.2, 0.25) is 0 Å². The fourth-order valence-corrected chi connectivity index (χ4v) is 3.84. The van der Waals surface area contributed by atoms with E-state index in [1.807, 2.05) is 66.2 Å². The highest BCUT2D eigenvalue weighted by Gasteiger charge is 2.22. The summed E-state index contributed by atoms with van der Waals surface area (Å²) < 4.78 is 13.6. The minimum atomic E-state index is -0.334. The third kappa shape index (κ3) is 6.11. The van der Waals surface area contributed by atoms with Crippen LogP contribution >= 0.6 is 0 Å². The van der Waals surface area contributed by atoms with Crippen molar-refractivity contribution in [2.24, 2.45) is 0 Å². The number of aliphatic hydroxyl groups excluding tert-OH is 1. The molecule has 0 aliphatic rings. The Balaban J connectivity index is 1.99. The molecule has 1 atom stereocenters. The second kappa shape index (κ2) is 11.7. The standard InChI is InChI=1S/C26H35N3O3/c1-5-11-22(30)18-28(16-6-2)19-25-20(3)27-29(21-12-8-7-9-13-21)26(25)32-24-15-10-14-23(17-24)31-4/h7-10,12-15,17,22,30H,5-6,11,16,18-19H2,1-4H3. The van der Waals surface area contributed by atoms with E-state index >= 15 is 0 Å². The van der Waals surface area contributed by atoms with Gasteiger partial charge in [0.15, 0.2) is 0 Å². The Morgan fingerprint density at radius 3 is 2.47 bits per heavy atom. The van der Waals surface area contributed by atoms with Gasteiger partial charge in [0.2, 0.25) is 5.88 Å². The van der Waals surface area contributed by atoms with Gasteiger partial charge in [0, 0.05) is 19.2 Å². The average molecular weight is 438 g/mol. The normalized spacial score (nSPS) is 12.2. The molecular weight excluding hydrogens is 402 g/mol. The molecule has 2 aromatic carbocycles. The van der Waals surface area contributed by atoms with Crippen molar-refractivity contribution >= 4 is 0 Å². The van der Waals surface area contributed by atoms with E-state index in [2.05, 4.69) is 18.7 Å². The van der Waals surface area contributed by atoms with Crippen molar-refractivity contribution in [1.82, 2.24) is 14.7 Å². The number of hydrogen-bond donors (Lipinski definition) is 1. The molecule has 1 heterocycles. The third-order valence-electron chi connectivity index (χ3n) is 5.41. The molecule has 1 N–H and O–H groups in total. The maximum atomic E-state index is 10.4. The Kier molecular flexibility index (Phi) is 8.71. The lowest BCUT2D eigenvalue weighted by Gasteiger charge is -2.25. The van der Waals surface area contributed by atoms with Gasteiger partial charge < -0.3 is 14.6 Å². The molecule has 172 valence electrons. The van der Waals surface area contributed by atoms with E-state index in [1.54, 1.807) is 7.11 Å². The Labute approximate surface area is 191 Å². The first-order chi connectivity index (χ1) is 15.5. The number of benzene rings is 2. The van der Waals surface area contributed by atoms with Crippen LogP contribution in [0.1, 0.15) is 44.4 Å². The van der Waals surface area contributed by atoms with Gasteiger partial charge in [0.25, 0.3) is 0 Å². The molecule has 3 aromatic rings. The first-order valence-electron chi connectivity index (χ1n) is 11.4. The summed E-state index contributed by atoms with van der Waals surface area (Å²) in [5.41, 5.74) is 2.87. The molecule has 1 unspecified atom stereocenters. The average Bonchev–Trinajstić information content (AvgIpc) is 3.10. The Bertz CT molecular complexity index is 972. The van der Waals surface area contributed by atoms with Gasteiger partial charge in [-0.05, 0) is 50.6 Å². The van der Waals surface area contributed by atoms with Crippen molar-refractivity contribution in [2.75, 3.05) is 20.2 Å². The monoisotopic (exact) mass is 437 g/mol. The van der Waals surface area contributed by atoms with Gasteiger partial charge >= 0.3 is 0 Å². The lowest BCUT2D eigenvalue weighted by molar-refractivity contribution is 0.100. The van der Waals surface area contributed by atoms with E-state index in [9.17, 15) is 5.11 Å². The van der Waals surface area contributed by atoms with Crippen LogP contribution in [0.4, 0.5) is 0 Å². The number of methoxy groups -OCH3 is 1. The number of aryl methyl sites for hydroxylation is 1. The van der Waals surface area contributed by atoms with Crippen molar-refractivity contribution in [3.05, 3.63) is 65.9 Å². The summed E-state index contributed by atoms with van der Waals surface area (Å²) in [5.74, 6) is 2.12. The van der Waals surface area contributed by atoms with Gasteiger partial charge in [0.05, 0.1) is 30.2 Å². The minimum Gasteiger partial charge on any atom is -0.497 e. The number of nitrogens with zero attached hydrogens (tertiary/aromatic N) is 3. The van der Waals surface area contributed by atoms with Gasteiger partial charge in [0.1, 0.15) is 11.5 Å². The van der Waals surface area contributed by atoms with E-state index < -0.39 is 0 Å². The molecule has 0 fully saturated rings. The molecule has 0 aliphatic heterocycles. The molecule has 3 rings (SSSR count). The predicted molar refractivity (Wildman–Crippen MR) is 128 cm³/mol. The second-order valence-corrected chi connectivity index (χ2v) is 8.08. The summed E-state index contributed by atoms with van der Waals surface area (Å²) in [7, 11) is 1.65. The van der Waals surface area contributed by atoms with Crippen LogP contribution in [-0.4, -0.2) is 46.1 Å². The number of para-hydroxylation sites is 1. The molecule has 0 saturated carbocycles. The van der Waals surface area contributed by atoms with Crippen LogP contribution in [0.15, 0.2) is 54.6 Å². The lowest BCUT2D eigenvalue weighted by atomic mass is 10.1. The summed E-state index contributed by atoms with van der Waals surface area (Å²) >= 11 is 0. The van der Waals surface area contributed by atoms with Crippen LogP contribution in [0.3, 0.4) is 0 Å². The lowest BCUT2D eigenvalue weighted by Crippen LogP contribution is -2.33. The SMILES string of the molecule is CCCC(O)CN(CCC)Cc1c(C)nn(-c2ccccc2)c1Oc1cccc(OC)c1. The quantitative estimate of drug-likeness (QED) is 0.414. The number of hydrogen-bond acceptors (Lipinski definition) is 5. The van der Waals surface area contributed by atoms with Gasteiger partial charge in [-0.3, -0.25) is 4.90 Å². The van der Waals surface area contributed by atoms with Crippen molar-refractivity contribution in [3.8, 4) is 23.1 Å². The summed E-state index contributed by atoms with van der Waals surface area (Å²) in [6.07, 6.45) is 2.45. The Morgan fingerprint density at radius 1 is 1.03 bits per heavy atom. The summed E-state index contributed by atoms with van der Waals surface area (Å²) in [6, 6.07) is 17.6. The third-order valence-corrected chi connectivity index (χ3v) is 5.41. The smallest absolute Gasteiger partial charge is 0.227 e. The number of aromatic nitrogens is 2. The zero-order valence-corrected chi connectivity index (χ0v) is 19.6. The van der Waals surface area contributed by atoms with Crippen molar-refractivity contribution < 1.29 is 14.6 Å². The molecule has 32 heavy (non-hydrogen) atoms. The predicted octanol–water partition coefficient (Wildman–Crippen LogP) is 5.35. The maximum absolute atomic E-state index is 10.4. The highest BCUT2D eigenvalue weighted by atomic mass is 16.5. The van der Waals surface area contributed by atoms with Crippen LogP contribution in [-0.2, 0) is 6.54 Å². The first-order valence-corrected chi connectivity index (χ1v) is 11.4. The summed E-state index contributed by atoms with van der Waals surface area (Å²) in [5, 5.41) is 15.3. The highest BCUT2D eigenvalue weighted by Crippen LogP contribution is 2.33. The van der Waals surface area contributed by atoms with E-state index in [0.29, 0.717) is 24.7 Å². The van der Waals surface area contributed by atoms with Gasteiger partial charge in [-0.15, -0.1) is 0 Å². The molecule has 0 bridgehead atoms. The summed E-state index contributed by atoms with van der Waals surface area (Å²) in [6.45, 7) is 8.46. The molecule has 6 nitrogen and oxygen atoms in total. The molecule has 1 aromatic heterocycles. The Hall–Kier alpha value is -2.83. The molecule has 0 spiro atoms. The molecule has 6 heteroatoms. The van der Waals surface area contributed by atoms with Crippen LogP contribution in [0.5, 0.6) is 17.4 Å². The zero-order chi connectivity index (χ0) is 22.9. The largest absolute Gasteiger partial charge is 0.497 e. The Morgan fingerprint density at radius 2 is 1.78 bits per heavy atom. The molecule has 0 saturated heterocycles. The second-order valence-electron chi connectivity index (χ2n) is 8.08. The van der Waals surface area contributed by atoms with Crippen LogP contribution < -0.4 is 9.47 Å². The molecule has 0 amide bonds. The number of aliphatic hydroxyl groups is 1. The fourth-order valence-electron chi connectivity index (χ4n) is 3.84. The first kappa shape index (κ1) is 23.8. The van der Waals surface area contributed by atoms with E-state index in [1.165, 1.54) is 0 Å². The van der Waals surface area contributed by atoms with Crippen LogP contribution in [0.25, 0.3) is 5.69 Å². The van der Waals surface area contributed by atoms with Crippen molar-refractivity contribution in [2.45, 2.75) is 52.7 Å². The van der Waals surface area contributed by atoms with Crippen molar-refractivity contribution in [1.29, 1.82) is 0 Å². The fraction of sp³-hybridized carbons (Fsp3) is 0.423. The van der Waals surface area contributed by atoms with Crippen LogP contribution in [0, 0.1) is 6.92 Å². The maximum Gasteiger partial charge on any atom is 0.227 e. The number of rotatable bonds is 12. The number of ether oxygens (including phenoxy) is 2. The van der Waals surface area contributed by atoms with Gasteiger partial charge in [-0.25, -0.2) is 4.68 Å². The highest BCUT2D eigenvalue weighted by molar-refractivity contribution is 5.44.